The van der Waals surface area contributed by atoms with Crippen LogP contribution in [0.1, 0.15) is 10.4 Å². The molecule has 0 radical (unpaired) electrons. The summed E-state index contributed by atoms with van der Waals surface area (Å²) >= 11 is 1.59. The molecule has 0 aliphatic rings. The molecule has 1 amide bonds. The second-order valence-electron chi connectivity index (χ2n) is 4.36. The molecule has 5 nitrogen and oxygen atoms in total. The van der Waals surface area contributed by atoms with Crippen LogP contribution in [0.2, 0.25) is 0 Å². The van der Waals surface area contributed by atoms with Crippen LogP contribution in [0.15, 0.2) is 53.6 Å². The van der Waals surface area contributed by atoms with Crippen molar-refractivity contribution in [1.29, 1.82) is 0 Å². The first kappa shape index (κ1) is 13.3. The second-order valence-corrected chi connectivity index (χ2v) is 5.14. The molecule has 0 bridgehead atoms. The van der Waals surface area contributed by atoms with Gasteiger partial charge in [-0.2, -0.15) is 11.3 Å². The maximum Gasteiger partial charge on any atom is 0.259 e. The van der Waals surface area contributed by atoms with Gasteiger partial charge >= 0.3 is 0 Å². The Bertz CT molecular complexity index is 757. The van der Waals surface area contributed by atoms with Crippen molar-refractivity contribution in [3.05, 3.63) is 59.2 Å². The lowest BCUT2D eigenvalue weighted by atomic mass is 10.1. The molecule has 0 saturated carbocycles. The van der Waals surface area contributed by atoms with Crippen LogP contribution in [0.5, 0.6) is 0 Å². The SMILES string of the molecule is Nc1ncc(-c2ccsc2)cc1C(=O)Nc1ccncc1. The fourth-order valence-electron chi connectivity index (χ4n) is 1.88. The predicted octanol–water partition coefficient (Wildman–Crippen LogP) is 3.04. The zero-order chi connectivity index (χ0) is 14.7. The summed E-state index contributed by atoms with van der Waals surface area (Å²) in [6.45, 7) is 0. The highest BCUT2D eigenvalue weighted by Gasteiger charge is 2.13. The van der Waals surface area contributed by atoms with Gasteiger partial charge in [0, 0.05) is 29.8 Å². The van der Waals surface area contributed by atoms with Crippen LogP contribution in [0.4, 0.5) is 11.5 Å². The molecule has 0 unspecified atom stereocenters. The maximum atomic E-state index is 12.3. The summed E-state index contributed by atoms with van der Waals surface area (Å²) in [5.41, 5.74) is 8.72. The fourth-order valence-corrected chi connectivity index (χ4v) is 2.54. The van der Waals surface area contributed by atoms with Crippen molar-refractivity contribution in [3.8, 4) is 11.1 Å². The molecule has 0 spiro atoms. The Labute approximate surface area is 125 Å². The van der Waals surface area contributed by atoms with Crippen molar-refractivity contribution in [2.75, 3.05) is 11.1 Å². The number of carbonyl (C=O) groups is 1. The lowest BCUT2D eigenvalue weighted by molar-refractivity contribution is 0.102. The van der Waals surface area contributed by atoms with Gasteiger partial charge in [0.2, 0.25) is 0 Å². The lowest BCUT2D eigenvalue weighted by Crippen LogP contribution is -2.15. The van der Waals surface area contributed by atoms with Crippen LogP contribution in [0, 0.1) is 0 Å². The number of amides is 1. The van der Waals surface area contributed by atoms with E-state index in [9.17, 15) is 4.79 Å². The number of pyridine rings is 2. The normalized spacial score (nSPS) is 10.3. The summed E-state index contributed by atoms with van der Waals surface area (Å²) < 4.78 is 0. The van der Waals surface area contributed by atoms with Gasteiger partial charge in [-0.15, -0.1) is 0 Å². The molecule has 3 N–H and O–H groups in total. The van der Waals surface area contributed by atoms with Gasteiger partial charge in [-0.1, -0.05) is 0 Å². The Hall–Kier alpha value is -2.73. The van der Waals surface area contributed by atoms with Crippen LogP contribution in [0.25, 0.3) is 11.1 Å². The van der Waals surface area contributed by atoms with Gasteiger partial charge in [-0.3, -0.25) is 9.78 Å². The van der Waals surface area contributed by atoms with Crippen molar-refractivity contribution < 1.29 is 4.79 Å². The van der Waals surface area contributed by atoms with Crippen LogP contribution in [0.3, 0.4) is 0 Å². The summed E-state index contributed by atoms with van der Waals surface area (Å²) in [5, 5.41) is 6.75. The number of hydrogen-bond donors (Lipinski definition) is 2. The highest BCUT2D eigenvalue weighted by atomic mass is 32.1. The van der Waals surface area contributed by atoms with Crippen molar-refractivity contribution in [2.45, 2.75) is 0 Å². The van der Waals surface area contributed by atoms with Crippen LogP contribution in [-0.2, 0) is 0 Å². The molecule has 0 atom stereocenters. The summed E-state index contributed by atoms with van der Waals surface area (Å²) in [6.07, 6.45) is 4.89. The Kier molecular flexibility index (Phi) is 3.61. The number of nitrogens with zero attached hydrogens (tertiary/aromatic N) is 2. The number of hydrogen-bond acceptors (Lipinski definition) is 5. The van der Waals surface area contributed by atoms with Gasteiger partial charge < -0.3 is 11.1 Å². The number of nitrogens with two attached hydrogens (primary N) is 1. The van der Waals surface area contributed by atoms with Crippen molar-refractivity contribution in [1.82, 2.24) is 9.97 Å². The van der Waals surface area contributed by atoms with E-state index < -0.39 is 0 Å². The Balaban J connectivity index is 1.91. The molecule has 3 heterocycles. The lowest BCUT2D eigenvalue weighted by Gasteiger charge is -2.08. The van der Waals surface area contributed by atoms with E-state index in [2.05, 4.69) is 15.3 Å². The van der Waals surface area contributed by atoms with E-state index in [-0.39, 0.29) is 11.7 Å². The molecule has 3 aromatic heterocycles. The minimum atomic E-state index is -0.289. The Morgan fingerprint density at radius 3 is 2.71 bits per heavy atom. The van der Waals surface area contributed by atoms with Crippen molar-refractivity contribution in [2.24, 2.45) is 0 Å². The molecule has 0 fully saturated rings. The number of nitrogen functional groups attached to an aromatic ring is 1. The number of aromatic nitrogens is 2. The van der Waals surface area contributed by atoms with E-state index in [4.69, 9.17) is 5.73 Å². The first-order chi connectivity index (χ1) is 10.2. The molecule has 3 rings (SSSR count). The number of thiophene rings is 1. The average Bonchev–Trinajstić information content (AvgIpc) is 3.03. The van der Waals surface area contributed by atoms with Crippen molar-refractivity contribution in [3.63, 3.8) is 0 Å². The molecule has 0 aromatic carbocycles. The topological polar surface area (TPSA) is 80.9 Å². The van der Waals surface area contributed by atoms with E-state index in [1.165, 1.54) is 0 Å². The van der Waals surface area contributed by atoms with Crippen LogP contribution >= 0.6 is 11.3 Å². The van der Waals surface area contributed by atoms with E-state index in [1.807, 2.05) is 16.8 Å². The number of anilines is 2. The zero-order valence-corrected chi connectivity index (χ0v) is 11.8. The summed E-state index contributed by atoms with van der Waals surface area (Å²) in [5.74, 6) is -0.0798. The second kappa shape index (κ2) is 5.72. The Morgan fingerprint density at radius 2 is 2.00 bits per heavy atom. The molecule has 3 aromatic rings. The molecule has 21 heavy (non-hydrogen) atoms. The minimum absolute atomic E-state index is 0.209. The highest BCUT2D eigenvalue weighted by molar-refractivity contribution is 7.08. The van der Waals surface area contributed by atoms with E-state index in [1.54, 1.807) is 48.1 Å². The fraction of sp³-hybridized carbons (Fsp3) is 0. The first-order valence-electron chi connectivity index (χ1n) is 6.23. The molecule has 0 saturated heterocycles. The van der Waals surface area contributed by atoms with Gasteiger partial charge in [0.1, 0.15) is 5.82 Å². The number of nitrogens with one attached hydrogen (secondary N) is 1. The average molecular weight is 296 g/mol. The third-order valence-corrected chi connectivity index (χ3v) is 3.64. The first-order valence-corrected chi connectivity index (χ1v) is 7.18. The van der Waals surface area contributed by atoms with E-state index in [0.717, 1.165) is 11.1 Å². The van der Waals surface area contributed by atoms with Gasteiger partial charge in [0.25, 0.3) is 5.91 Å². The molecular weight excluding hydrogens is 284 g/mol. The van der Waals surface area contributed by atoms with Gasteiger partial charge in [0.05, 0.1) is 5.56 Å². The summed E-state index contributed by atoms with van der Waals surface area (Å²) in [7, 11) is 0. The standard InChI is InChI=1S/C15H12N4OS/c16-14-13(15(20)19-12-1-4-17-5-2-12)7-11(8-18-14)10-3-6-21-9-10/h1-9H,(H2,16,18)(H,17,19,20). The van der Waals surface area contributed by atoms with E-state index in [0.29, 0.717) is 11.3 Å². The number of carbonyl (C=O) groups excluding carboxylic acids is 1. The molecule has 6 heteroatoms. The monoisotopic (exact) mass is 296 g/mol. The predicted molar refractivity (Wildman–Crippen MR) is 84.2 cm³/mol. The molecule has 0 aliphatic heterocycles. The zero-order valence-electron chi connectivity index (χ0n) is 11.0. The number of rotatable bonds is 3. The van der Waals surface area contributed by atoms with Crippen LogP contribution in [-0.4, -0.2) is 15.9 Å². The van der Waals surface area contributed by atoms with Crippen molar-refractivity contribution >= 4 is 28.7 Å². The smallest absolute Gasteiger partial charge is 0.259 e. The van der Waals surface area contributed by atoms with Gasteiger partial charge in [-0.05, 0) is 40.6 Å². The summed E-state index contributed by atoms with van der Waals surface area (Å²) in [4.78, 5) is 20.3. The van der Waals surface area contributed by atoms with Gasteiger partial charge in [0.15, 0.2) is 0 Å². The third-order valence-electron chi connectivity index (χ3n) is 2.96. The van der Waals surface area contributed by atoms with E-state index >= 15 is 0 Å². The van der Waals surface area contributed by atoms with Gasteiger partial charge in [-0.25, -0.2) is 4.98 Å². The highest BCUT2D eigenvalue weighted by Crippen LogP contribution is 2.24. The van der Waals surface area contributed by atoms with Crippen LogP contribution < -0.4 is 11.1 Å². The Morgan fingerprint density at radius 1 is 1.19 bits per heavy atom. The maximum absolute atomic E-state index is 12.3. The third kappa shape index (κ3) is 2.90. The molecule has 0 aliphatic carbocycles. The molecular formula is C15H12N4OS. The summed E-state index contributed by atoms with van der Waals surface area (Å²) in [6, 6.07) is 7.15. The quantitative estimate of drug-likeness (QED) is 0.778. The largest absolute Gasteiger partial charge is 0.383 e. The minimum Gasteiger partial charge on any atom is -0.383 e. The molecule has 104 valence electrons.